The lowest BCUT2D eigenvalue weighted by Crippen LogP contribution is -2.45. The second kappa shape index (κ2) is 9.13. The number of carbonyl (C=O) groups excluding carboxylic acids is 1. The lowest BCUT2D eigenvalue weighted by Gasteiger charge is -2.34. The fourth-order valence-corrected chi connectivity index (χ4v) is 4.19. The van der Waals surface area contributed by atoms with Crippen molar-refractivity contribution < 1.29 is 18.5 Å². The van der Waals surface area contributed by atoms with Crippen LogP contribution in [0.2, 0.25) is 0 Å². The van der Waals surface area contributed by atoms with Gasteiger partial charge in [0.25, 0.3) is 5.89 Å². The van der Waals surface area contributed by atoms with Crippen LogP contribution in [0.1, 0.15) is 41.3 Å². The third kappa shape index (κ3) is 4.30. The first kappa shape index (κ1) is 22.5. The van der Waals surface area contributed by atoms with Crippen LogP contribution in [-0.4, -0.2) is 28.2 Å². The number of aryl methyl sites for hydroxylation is 2. The van der Waals surface area contributed by atoms with Crippen LogP contribution < -0.4 is 10.1 Å². The van der Waals surface area contributed by atoms with Gasteiger partial charge in [0.05, 0.1) is 31.5 Å². The number of amides is 2. The molecule has 2 amide bonds. The lowest BCUT2D eigenvalue weighted by molar-refractivity contribution is 0.199. The molecule has 0 radical (unpaired) electrons. The molecular weight excluding hydrogens is 444 g/mol. The summed E-state index contributed by atoms with van der Waals surface area (Å²) in [4.78, 5) is 19.5. The summed E-state index contributed by atoms with van der Waals surface area (Å²) in [5.74, 6) is 2.22. The zero-order chi connectivity index (χ0) is 24.5. The molecule has 4 aromatic rings. The Morgan fingerprint density at radius 3 is 2.54 bits per heavy atom. The van der Waals surface area contributed by atoms with E-state index in [1.165, 1.54) is 5.56 Å². The number of nitrogens with one attached hydrogen (secondary N) is 1. The van der Waals surface area contributed by atoms with Crippen LogP contribution in [0.3, 0.4) is 0 Å². The normalized spacial score (nSPS) is 15.9. The van der Waals surface area contributed by atoms with E-state index in [1.54, 1.807) is 24.3 Å². The number of benzene rings is 2. The third-order valence-corrected chi connectivity index (χ3v) is 6.36. The molecule has 3 heterocycles. The maximum atomic E-state index is 13.2. The highest BCUT2D eigenvalue weighted by atomic mass is 16.5. The van der Waals surface area contributed by atoms with Gasteiger partial charge in [-0.05, 0) is 73.9 Å². The number of allylic oxidation sites excluding steroid dienone is 1. The Bertz CT molecular complexity index is 1390. The van der Waals surface area contributed by atoms with Gasteiger partial charge in [0, 0.05) is 11.3 Å². The number of nitrogens with zero attached hydrogens (tertiary/aromatic N) is 3. The molecule has 1 unspecified atom stereocenters. The van der Waals surface area contributed by atoms with E-state index in [1.807, 2.05) is 43.3 Å². The highest BCUT2D eigenvalue weighted by molar-refractivity contribution is 5.86. The molecule has 1 N–H and O–H groups in total. The van der Waals surface area contributed by atoms with E-state index in [-0.39, 0.29) is 12.6 Å². The van der Waals surface area contributed by atoms with Gasteiger partial charge in [-0.3, -0.25) is 4.90 Å². The summed E-state index contributed by atoms with van der Waals surface area (Å²) in [6.45, 7) is 6.29. The fourth-order valence-electron chi connectivity index (χ4n) is 4.19. The predicted molar refractivity (Wildman–Crippen MR) is 130 cm³/mol. The minimum Gasteiger partial charge on any atom is -0.497 e. The lowest BCUT2D eigenvalue weighted by atomic mass is 9.92. The Hall–Kier alpha value is -4.33. The van der Waals surface area contributed by atoms with Gasteiger partial charge in [-0.25, -0.2) is 4.79 Å². The largest absolute Gasteiger partial charge is 0.497 e. The molecule has 0 bridgehead atoms. The van der Waals surface area contributed by atoms with Crippen LogP contribution in [0.15, 0.2) is 75.5 Å². The van der Waals surface area contributed by atoms with Crippen molar-refractivity contribution in [2.45, 2.75) is 33.4 Å². The molecule has 2 aromatic carbocycles. The molecule has 0 saturated carbocycles. The Morgan fingerprint density at radius 2 is 1.86 bits per heavy atom. The highest BCUT2D eigenvalue weighted by Crippen LogP contribution is 2.38. The van der Waals surface area contributed by atoms with Crippen molar-refractivity contribution in [1.29, 1.82) is 0 Å². The van der Waals surface area contributed by atoms with Crippen molar-refractivity contribution in [2.24, 2.45) is 0 Å². The van der Waals surface area contributed by atoms with Crippen LogP contribution in [0.25, 0.3) is 17.0 Å². The summed E-state index contributed by atoms with van der Waals surface area (Å²) in [5.41, 5.74) is 5.52. The molecule has 0 aliphatic carbocycles. The number of methoxy groups -OCH3 is 1. The minimum absolute atomic E-state index is 0.222. The third-order valence-electron chi connectivity index (χ3n) is 6.36. The first-order valence-corrected chi connectivity index (χ1v) is 11.3. The van der Waals surface area contributed by atoms with E-state index in [9.17, 15) is 4.79 Å². The van der Waals surface area contributed by atoms with E-state index in [4.69, 9.17) is 18.7 Å². The predicted octanol–water partition coefficient (Wildman–Crippen LogP) is 5.65. The van der Waals surface area contributed by atoms with E-state index in [0.717, 1.165) is 33.7 Å². The Balaban J connectivity index is 1.59. The maximum absolute atomic E-state index is 13.2. The molecule has 0 spiro atoms. The summed E-state index contributed by atoms with van der Waals surface area (Å²) in [6.07, 6.45) is 1.59. The summed E-state index contributed by atoms with van der Waals surface area (Å²) in [5, 5.41) is 7.35. The van der Waals surface area contributed by atoms with Crippen LogP contribution >= 0.6 is 0 Å². The van der Waals surface area contributed by atoms with Gasteiger partial charge in [0.15, 0.2) is 0 Å². The molecule has 1 aliphatic rings. The number of urea groups is 1. The zero-order valence-corrected chi connectivity index (χ0v) is 20.0. The topological polar surface area (TPSA) is 93.6 Å². The van der Waals surface area contributed by atoms with E-state index in [2.05, 4.69) is 36.5 Å². The summed E-state index contributed by atoms with van der Waals surface area (Å²) in [6, 6.07) is 16.6. The van der Waals surface area contributed by atoms with Crippen LogP contribution in [0.5, 0.6) is 5.75 Å². The molecule has 35 heavy (non-hydrogen) atoms. The van der Waals surface area contributed by atoms with Crippen molar-refractivity contribution in [3.05, 3.63) is 94.9 Å². The number of ether oxygens (including phenoxy) is 1. The van der Waals surface area contributed by atoms with Gasteiger partial charge in [-0.1, -0.05) is 23.4 Å². The number of furan rings is 1. The van der Waals surface area contributed by atoms with Gasteiger partial charge >= 0.3 is 6.03 Å². The first-order chi connectivity index (χ1) is 16.9. The van der Waals surface area contributed by atoms with Crippen molar-refractivity contribution in [1.82, 2.24) is 20.4 Å². The molecule has 2 aromatic heterocycles. The van der Waals surface area contributed by atoms with Crippen molar-refractivity contribution >= 4 is 11.6 Å². The molecule has 178 valence electrons. The second-order valence-corrected chi connectivity index (χ2v) is 8.54. The summed E-state index contributed by atoms with van der Waals surface area (Å²) in [7, 11) is 1.62. The highest BCUT2D eigenvalue weighted by Gasteiger charge is 2.36. The molecule has 8 nitrogen and oxygen atoms in total. The fraction of sp³-hybridized carbons (Fsp3) is 0.222. The SMILES string of the molecule is COc1ccc(-c2noc(C3=C(C)N(Cc4ccco4)C(=O)NC3c3ccc(C)c(C)c3)n2)cc1. The number of hydrogen-bond acceptors (Lipinski definition) is 6. The number of carbonyl (C=O) groups is 1. The van der Waals surface area contributed by atoms with Gasteiger partial charge in [0.1, 0.15) is 11.5 Å². The van der Waals surface area contributed by atoms with Crippen LogP contribution in [0, 0.1) is 13.8 Å². The Morgan fingerprint density at radius 1 is 1.06 bits per heavy atom. The van der Waals surface area contributed by atoms with Crippen molar-refractivity contribution in [3.8, 4) is 17.1 Å². The smallest absolute Gasteiger partial charge is 0.322 e. The molecule has 5 rings (SSSR count). The summed E-state index contributed by atoms with van der Waals surface area (Å²) < 4.78 is 16.5. The number of hydrogen-bond donors (Lipinski definition) is 1. The molecule has 0 fully saturated rings. The average molecular weight is 471 g/mol. The van der Waals surface area contributed by atoms with Crippen molar-refractivity contribution in [2.75, 3.05) is 7.11 Å². The standard InChI is InChI=1S/C27H26N4O4/c1-16-7-8-20(14-17(16)2)24-23(18(3)31(27(32)28-24)15-22-6-5-13-34-22)26-29-25(30-35-26)19-9-11-21(33-4)12-10-19/h5-14,24H,15H2,1-4H3,(H,28,32). The van der Waals surface area contributed by atoms with Crippen LogP contribution in [0.4, 0.5) is 4.79 Å². The van der Waals surface area contributed by atoms with Crippen LogP contribution in [-0.2, 0) is 6.54 Å². The first-order valence-electron chi connectivity index (χ1n) is 11.3. The molecule has 0 saturated heterocycles. The molecule has 8 heteroatoms. The summed E-state index contributed by atoms with van der Waals surface area (Å²) >= 11 is 0. The maximum Gasteiger partial charge on any atom is 0.322 e. The zero-order valence-electron chi connectivity index (χ0n) is 20.0. The van der Waals surface area contributed by atoms with Gasteiger partial charge in [-0.2, -0.15) is 4.98 Å². The van der Waals surface area contributed by atoms with E-state index >= 15 is 0 Å². The van der Waals surface area contributed by atoms with E-state index < -0.39 is 6.04 Å². The average Bonchev–Trinajstić information content (AvgIpc) is 3.56. The second-order valence-electron chi connectivity index (χ2n) is 8.54. The molecular formula is C27H26N4O4. The van der Waals surface area contributed by atoms with Gasteiger partial charge in [0.2, 0.25) is 5.82 Å². The van der Waals surface area contributed by atoms with Gasteiger partial charge < -0.3 is 19.0 Å². The monoisotopic (exact) mass is 470 g/mol. The number of aromatic nitrogens is 2. The van der Waals surface area contributed by atoms with Gasteiger partial charge in [-0.15, -0.1) is 0 Å². The molecule has 1 atom stereocenters. The quantitative estimate of drug-likeness (QED) is 0.391. The molecule has 1 aliphatic heterocycles. The van der Waals surface area contributed by atoms with Crippen molar-refractivity contribution in [3.63, 3.8) is 0 Å². The minimum atomic E-state index is -0.446. The Kier molecular flexibility index (Phi) is 5.86. The Labute approximate surface area is 203 Å². The van der Waals surface area contributed by atoms with E-state index in [0.29, 0.717) is 17.5 Å². The number of rotatable bonds is 6.